The highest BCUT2D eigenvalue weighted by Crippen LogP contribution is 2.23. The van der Waals surface area contributed by atoms with Crippen molar-refractivity contribution in [2.24, 2.45) is 0 Å². The van der Waals surface area contributed by atoms with Gasteiger partial charge in [0.15, 0.2) is 0 Å². The highest BCUT2D eigenvalue weighted by atomic mass is 35.5. The molecule has 2 rings (SSSR count). The molecular weight excluding hydrogens is 323 g/mol. The Balaban J connectivity index is 1.76. The van der Waals surface area contributed by atoms with E-state index in [0.29, 0.717) is 34.6 Å². The zero-order valence-electron chi connectivity index (χ0n) is 12.0. The molecule has 0 aliphatic rings. The van der Waals surface area contributed by atoms with Crippen molar-refractivity contribution < 1.29 is 9.53 Å². The Bertz CT molecular complexity index is 662. The fraction of sp³-hybridized carbons (Fsp3) is 0.188. The maximum atomic E-state index is 11.8. The topological polar surface area (TPSA) is 50.4 Å². The van der Waals surface area contributed by atoms with Crippen LogP contribution >= 0.6 is 23.2 Å². The molecule has 2 N–H and O–H groups in total. The second kappa shape index (κ2) is 7.92. The summed E-state index contributed by atoms with van der Waals surface area (Å²) in [5.41, 5.74) is 1.50. The second-order valence-electron chi connectivity index (χ2n) is 4.57. The lowest BCUT2D eigenvalue weighted by atomic mass is 10.2. The van der Waals surface area contributed by atoms with Gasteiger partial charge in [0.2, 0.25) is 0 Å². The molecular formula is C16H16Cl2N2O2. The highest BCUT2D eigenvalue weighted by Gasteiger charge is 2.06. The molecule has 6 heteroatoms. The number of hydrogen-bond acceptors (Lipinski definition) is 2. The van der Waals surface area contributed by atoms with E-state index in [1.165, 1.54) is 0 Å². The fourth-order valence-electron chi connectivity index (χ4n) is 1.80. The minimum absolute atomic E-state index is 0.312. The van der Waals surface area contributed by atoms with E-state index in [0.717, 1.165) is 5.56 Å². The molecule has 0 unspecified atom stereocenters. The molecule has 0 aromatic heterocycles. The Morgan fingerprint density at radius 2 is 1.82 bits per heavy atom. The van der Waals surface area contributed by atoms with Crippen LogP contribution in [0.5, 0.6) is 5.75 Å². The minimum atomic E-state index is -0.312. The lowest BCUT2D eigenvalue weighted by molar-refractivity contribution is 0.247. The van der Waals surface area contributed by atoms with Crippen LogP contribution in [0.25, 0.3) is 0 Å². The SMILES string of the molecule is Cc1c(Cl)cccc1NC(=O)NCCOc1ccccc1Cl. The number of halogens is 2. The van der Waals surface area contributed by atoms with Crippen LogP contribution in [0.15, 0.2) is 42.5 Å². The Labute approximate surface area is 139 Å². The van der Waals surface area contributed by atoms with Gasteiger partial charge in [0.25, 0.3) is 0 Å². The molecule has 2 amide bonds. The molecule has 2 aromatic rings. The van der Waals surface area contributed by atoms with Crippen LogP contribution in [0, 0.1) is 6.92 Å². The predicted octanol–water partition coefficient (Wildman–Crippen LogP) is 4.50. The third-order valence-corrected chi connectivity index (χ3v) is 3.72. The number of para-hydroxylation sites is 1. The smallest absolute Gasteiger partial charge is 0.319 e. The normalized spacial score (nSPS) is 10.1. The van der Waals surface area contributed by atoms with Gasteiger partial charge in [-0.1, -0.05) is 41.4 Å². The molecule has 0 saturated heterocycles. The summed E-state index contributed by atoms with van der Waals surface area (Å²) in [7, 11) is 0. The quantitative estimate of drug-likeness (QED) is 0.788. The number of amides is 2. The number of nitrogens with one attached hydrogen (secondary N) is 2. The van der Waals surface area contributed by atoms with Crippen molar-refractivity contribution in [3.8, 4) is 5.75 Å². The van der Waals surface area contributed by atoms with Gasteiger partial charge >= 0.3 is 6.03 Å². The summed E-state index contributed by atoms with van der Waals surface area (Å²) in [5, 5.41) is 6.61. The Kier molecular flexibility index (Phi) is 5.92. The average molecular weight is 339 g/mol. The van der Waals surface area contributed by atoms with Crippen LogP contribution in [0.3, 0.4) is 0 Å². The molecule has 116 valence electrons. The van der Waals surface area contributed by atoms with Crippen LogP contribution < -0.4 is 15.4 Å². The summed E-state index contributed by atoms with van der Waals surface area (Å²) in [6.07, 6.45) is 0. The highest BCUT2D eigenvalue weighted by molar-refractivity contribution is 6.32. The summed E-state index contributed by atoms with van der Waals surface area (Å²) < 4.78 is 5.48. The van der Waals surface area contributed by atoms with Crippen molar-refractivity contribution in [3.63, 3.8) is 0 Å². The van der Waals surface area contributed by atoms with E-state index >= 15 is 0 Å². The van der Waals surface area contributed by atoms with E-state index < -0.39 is 0 Å². The van der Waals surface area contributed by atoms with Gasteiger partial charge in [0.1, 0.15) is 12.4 Å². The first-order valence-corrected chi connectivity index (χ1v) is 7.51. The average Bonchev–Trinajstić information content (AvgIpc) is 2.50. The summed E-state index contributed by atoms with van der Waals surface area (Å²) in [4.78, 5) is 11.8. The van der Waals surface area contributed by atoms with Crippen LogP contribution in [0.4, 0.5) is 10.5 Å². The van der Waals surface area contributed by atoms with E-state index in [1.54, 1.807) is 30.3 Å². The summed E-state index contributed by atoms with van der Waals surface area (Å²) in [6.45, 7) is 2.53. The number of carbonyl (C=O) groups is 1. The minimum Gasteiger partial charge on any atom is -0.490 e. The van der Waals surface area contributed by atoms with E-state index in [-0.39, 0.29) is 6.03 Å². The zero-order chi connectivity index (χ0) is 15.9. The molecule has 0 aliphatic heterocycles. The predicted molar refractivity (Wildman–Crippen MR) is 90.2 cm³/mol. The van der Waals surface area contributed by atoms with Gasteiger partial charge in [-0.15, -0.1) is 0 Å². The molecule has 0 radical (unpaired) electrons. The number of benzene rings is 2. The van der Waals surface area contributed by atoms with Crippen LogP contribution in [0.1, 0.15) is 5.56 Å². The Morgan fingerprint density at radius 3 is 2.59 bits per heavy atom. The van der Waals surface area contributed by atoms with Crippen LogP contribution in [-0.2, 0) is 0 Å². The van der Waals surface area contributed by atoms with Crippen LogP contribution in [-0.4, -0.2) is 19.2 Å². The summed E-state index contributed by atoms with van der Waals surface area (Å²) >= 11 is 12.0. The third kappa shape index (κ3) is 4.55. The maximum Gasteiger partial charge on any atom is 0.319 e. The van der Waals surface area contributed by atoms with E-state index in [9.17, 15) is 4.79 Å². The second-order valence-corrected chi connectivity index (χ2v) is 5.39. The molecule has 0 aliphatic carbocycles. The first-order valence-electron chi connectivity index (χ1n) is 6.75. The van der Waals surface area contributed by atoms with Crippen molar-refractivity contribution in [2.75, 3.05) is 18.5 Å². The maximum absolute atomic E-state index is 11.8. The lowest BCUT2D eigenvalue weighted by Crippen LogP contribution is -2.32. The number of rotatable bonds is 5. The molecule has 0 atom stereocenters. The van der Waals surface area contributed by atoms with Crippen molar-refractivity contribution in [1.29, 1.82) is 0 Å². The van der Waals surface area contributed by atoms with Crippen LogP contribution in [0.2, 0.25) is 10.0 Å². The van der Waals surface area contributed by atoms with Gasteiger partial charge < -0.3 is 15.4 Å². The zero-order valence-corrected chi connectivity index (χ0v) is 13.5. The summed E-state index contributed by atoms with van der Waals surface area (Å²) in [5.74, 6) is 0.595. The Hall–Kier alpha value is -1.91. The van der Waals surface area contributed by atoms with E-state index in [1.807, 2.05) is 19.1 Å². The number of ether oxygens (including phenoxy) is 1. The van der Waals surface area contributed by atoms with Gasteiger partial charge in [0.05, 0.1) is 11.6 Å². The number of anilines is 1. The Morgan fingerprint density at radius 1 is 1.09 bits per heavy atom. The molecule has 22 heavy (non-hydrogen) atoms. The first kappa shape index (κ1) is 16.5. The number of urea groups is 1. The van der Waals surface area contributed by atoms with Gasteiger partial charge in [0, 0.05) is 10.7 Å². The third-order valence-electron chi connectivity index (χ3n) is 3.00. The molecule has 4 nitrogen and oxygen atoms in total. The molecule has 0 saturated carbocycles. The number of hydrogen-bond donors (Lipinski definition) is 2. The molecule has 0 bridgehead atoms. The van der Waals surface area contributed by atoms with Gasteiger partial charge in [-0.2, -0.15) is 0 Å². The van der Waals surface area contributed by atoms with Gasteiger partial charge in [-0.05, 0) is 36.8 Å². The van der Waals surface area contributed by atoms with Gasteiger partial charge in [-0.3, -0.25) is 0 Å². The standard InChI is InChI=1S/C16H16Cl2N2O2/c1-11-12(17)6-4-7-14(11)20-16(21)19-9-10-22-15-8-3-2-5-13(15)18/h2-8H,9-10H2,1H3,(H2,19,20,21). The molecule has 0 fully saturated rings. The van der Waals surface area contributed by atoms with Crippen molar-refractivity contribution in [2.45, 2.75) is 6.92 Å². The van der Waals surface area contributed by atoms with Gasteiger partial charge in [-0.25, -0.2) is 4.79 Å². The van der Waals surface area contributed by atoms with Crippen molar-refractivity contribution in [3.05, 3.63) is 58.1 Å². The lowest BCUT2D eigenvalue weighted by Gasteiger charge is -2.11. The van der Waals surface area contributed by atoms with E-state index in [4.69, 9.17) is 27.9 Å². The summed E-state index contributed by atoms with van der Waals surface area (Å²) in [6, 6.07) is 12.2. The molecule has 0 heterocycles. The molecule has 0 spiro atoms. The van der Waals surface area contributed by atoms with Crippen molar-refractivity contribution >= 4 is 34.9 Å². The number of carbonyl (C=O) groups excluding carboxylic acids is 1. The largest absolute Gasteiger partial charge is 0.490 e. The monoisotopic (exact) mass is 338 g/mol. The fourth-order valence-corrected chi connectivity index (χ4v) is 2.16. The van der Waals surface area contributed by atoms with E-state index in [2.05, 4.69) is 10.6 Å². The first-order chi connectivity index (χ1) is 10.6. The van der Waals surface area contributed by atoms with Crippen molar-refractivity contribution in [1.82, 2.24) is 5.32 Å². The molecule has 2 aromatic carbocycles.